The fourth-order valence-electron chi connectivity index (χ4n) is 2.36. The van der Waals surface area contributed by atoms with Gasteiger partial charge in [-0.15, -0.1) is 0 Å². The van der Waals surface area contributed by atoms with Crippen molar-refractivity contribution in [1.29, 1.82) is 5.26 Å². The van der Waals surface area contributed by atoms with E-state index >= 15 is 0 Å². The highest BCUT2D eigenvalue weighted by molar-refractivity contribution is 5.94. The van der Waals surface area contributed by atoms with Crippen molar-refractivity contribution < 1.29 is 9.94 Å². The van der Waals surface area contributed by atoms with Gasteiger partial charge in [-0.3, -0.25) is 0 Å². The Morgan fingerprint density at radius 2 is 1.90 bits per heavy atom. The van der Waals surface area contributed by atoms with Gasteiger partial charge in [0.2, 0.25) is 0 Å². The standard InChI is InChI=1S/C16H12N2O2/c1-20-12-7-8-15-13(9-12)14(10-17)16(18(15)19)11-5-3-2-4-6-11/h2-9,19H,1H3. The Hall–Kier alpha value is -2.93. The highest BCUT2D eigenvalue weighted by Crippen LogP contribution is 2.34. The molecule has 1 heterocycles. The summed E-state index contributed by atoms with van der Waals surface area (Å²) in [6.07, 6.45) is 0. The molecule has 0 unspecified atom stereocenters. The summed E-state index contributed by atoms with van der Waals surface area (Å²) >= 11 is 0. The lowest BCUT2D eigenvalue weighted by Crippen LogP contribution is -1.93. The van der Waals surface area contributed by atoms with E-state index in [1.54, 1.807) is 25.3 Å². The van der Waals surface area contributed by atoms with Gasteiger partial charge >= 0.3 is 0 Å². The van der Waals surface area contributed by atoms with Gasteiger partial charge in [0.25, 0.3) is 0 Å². The molecule has 0 fully saturated rings. The van der Waals surface area contributed by atoms with Crippen molar-refractivity contribution in [2.75, 3.05) is 7.11 Å². The second-order valence-corrected chi connectivity index (χ2v) is 4.40. The van der Waals surface area contributed by atoms with E-state index in [4.69, 9.17) is 4.74 Å². The number of hydrogen-bond donors (Lipinski definition) is 1. The first kappa shape index (κ1) is 12.1. The molecule has 0 bridgehead atoms. The van der Waals surface area contributed by atoms with E-state index in [0.29, 0.717) is 27.9 Å². The molecule has 0 radical (unpaired) electrons. The predicted octanol–water partition coefficient (Wildman–Crippen LogP) is 3.43. The summed E-state index contributed by atoms with van der Waals surface area (Å²) in [4.78, 5) is 0. The van der Waals surface area contributed by atoms with Crippen molar-refractivity contribution in [3.63, 3.8) is 0 Å². The summed E-state index contributed by atoms with van der Waals surface area (Å²) in [7, 11) is 1.57. The van der Waals surface area contributed by atoms with E-state index in [-0.39, 0.29) is 0 Å². The first-order chi connectivity index (χ1) is 9.76. The maximum atomic E-state index is 10.3. The minimum absolute atomic E-state index is 0.438. The lowest BCUT2D eigenvalue weighted by Gasteiger charge is -2.03. The van der Waals surface area contributed by atoms with Crippen molar-refractivity contribution in [3.8, 4) is 23.1 Å². The molecule has 1 N–H and O–H groups in total. The van der Waals surface area contributed by atoms with Crippen LogP contribution in [0.4, 0.5) is 0 Å². The maximum absolute atomic E-state index is 10.3. The number of ether oxygens (including phenoxy) is 1. The Morgan fingerprint density at radius 1 is 1.15 bits per heavy atom. The molecule has 4 heteroatoms. The summed E-state index contributed by atoms with van der Waals surface area (Å²) in [6, 6.07) is 16.8. The molecule has 0 spiro atoms. The molecule has 0 atom stereocenters. The van der Waals surface area contributed by atoms with Crippen molar-refractivity contribution in [2.24, 2.45) is 0 Å². The normalized spacial score (nSPS) is 10.4. The molecule has 0 aliphatic heterocycles. The molecule has 3 aromatic rings. The lowest BCUT2D eigenvalue weighted by molar-refractivity contribution is 0.204. The summed E-state index contributed by atoms with van der Waals surface area (Å²) < 4.78 is 6.23. The van der Waals surface area contributed by atoms with Crippen LogP contribution in [0.25, 0.3) is 22.2 Å². The van der Waals surface area contributed by atoms with E-state index in [1.807, 2.05) is 30.3 Å². The third-order valence-corrected chi connectivity index (χ3v) is 3.31. The predicted molar refractivity (Wildman–Crippen MR) is 75.8 cm³/mol. The van der Waals surface area contributed by atoms with Crippen molar-refractivity contribution >= 4 is 10.9 Å². The Labute approximate surface area is 116 Å². The van der Waals surface area contributed by atoms with Crippen molar-refractivity contribution in [2.45, 2.75) is 0 Å². The van der Waals surface area contributed by atoms with Crippen LogP contribution < -0.4 is 4.74 Å². The van der Waals surface area contributed by atoms with Crippen LogP contribution in [0.5, 0.6) is 5.75 Å². The van der Waals surface area contributed by atoms with E-state index in [1.165, 1.54) is 0 Å². The zero-order valence-corrected chi connectivity index (χ0v) is 10.9. The first-order valence-corrected chi connectivity index (χ1v) is 6.13. The molecule has 0 saturated heterocycles. The molecule has 0 amide bonds. The molecule has 2 aromatic carbocycles. The average molecular weight is 264 g/mol. The summed E-state index contributed by atoms with van der Waals surface area (Å²) in [5.74, 6) is 0.652. The van der Waals surface area contributed by atoms with E-state index in [2.05, 4.69) is 6.07 Å². The summed E-state index contributed by atoms with van der Waals surface area (Å²) in [6.45, 7) is 0. The fraction of sp³-hybridized carbons (Fsp3) is 0.0625. The van der Waals surface area contributed by atoms with Gasteiger partial charge in [-0.1, -0.05) is 30.3 Å². The molecular weight excluding hydrogens is 252 g/mol. The minimum Gasteiger partial charge on any atom is -0.497 e. The highest BCUT2D eigenvalue weighted by atomic mass is 16.5. The molecule has 4 nitrogen and oxygen atoms in total. The van der Waals surface area contributed by atoms with Crippen LogP contribution in [0.2, 0.25) is 0 Å². The summed E-state index contributed by atoms with van der Waals surface area (Å²) in [5, 5.41) is 20.5. The van der Waals surface area contributed by atoms with E-state index in [0.717, 1.165) is 10.3 Å². The van der Waals surface area contributed by atoms with Crippen molar-refractivity contribution in [1.82, 2.24) is 4.73 Å². The molecule has 0 aliphatic rings. The SMILES string of the molecule is COc1ccc2c(c1)c(C#N)c(-c1ccccc1)n2O. The number of nitriles is 1. The third kappa shape index (κ3) is 1.69. The zero-order chi connectivity index (χ0) is 14.1. The van der Waals surface area contributed by atoms with Gasteiger partial charge in [0.15, 0.2) is 0 Å². The number of benzene rings is 2. The molecule has 0 saturated carbocycles. The Bertz CT molecular complexity index is 814. The number of aromatic nitrogens is 1. The van der Waals surface area contributed by atoms with Crippen LogP contribution in [0.1, 0.15) is 5.56 Å². The molecule has 20 heavy (non-hydrogen) atoms. The quantitative estimate of drug-likeness (QED) is 0.721. The fourth-order valence-corrected chi connectivity index (χ4v) is 2.36. The van der Waals surface area contributed by atoms with Crippen LogP contribution in [-0.4, -0.2) is 17.0 Å². The monoisotopic (exact) mass is 264 g/mol. The number of nitrogens with zero attached hydrogens (tertiary/aromatic N) is 2. The van der Waals surface area contributed by atoms with Crippen LogP contribution in [0.15, 0.2) is 48.5 Å². The number of methoxy groups -OCH3 is 1. The van der Waals surface area contributed by atoms with Gasteiger partial charge in [0.05, 0.1) is 18.2 Å². The van der Waals surface area contributed by atoms with Crippen LogP contribution in [0, 0.1) is 11.3 Å². The highest BCUT2D eigenvalue weighted by Gasteiger charge is 2.18. The zero-order valence-electron chi connectivity index (χ0n) is 10.9. The smallest absolute Gasteiger partial charge is 0.119 e. The van der Waals surface area contributed by atoms with Gasteiger partial charge in [0, 0.05) is 10.9 Å². The molecule has 3 rings (SSSR count). The van der Waals surface area contributed by atoms with Gasteiger partial charge in [0.1, 0.15) is 17.5 Å². The molecular formula is C16H12N2O2. The average Bonchev–Trinajstić information content (AvgIpc) is 2.79. The topological polar surface area (TPSA) is 58.2 Å². The van der Waals surface area contributed by atoms with Crippen LogP contribution >= 0.6 is 0 Å². The van der Waals surface area contributed by atoms with Gasteiger partial charge in [-0.2, -0.15) is 9.99 Å². The summed E-state index contributed by atoms with van der Waals surface area (Å²) in [5.41, 5.74) is 2.31. The van der Waals surface area contributed by atoms with Crippen LogP contribution in [0.3, 0.4) is 0 Å². The second kappa shape index (κ2) is 4.63. The molecule has 0 aliphatic carbocycles. The van der Waals surface area contributed by atoms with Crippen LogP contribution in [-0.2, 0) is 0 Å². The Balaban J connectivity index is 2.38. The lowest BCUT2D eigenvalue weighted by atomic mass is 10.1. The van der Waals surface area contributed by atoms with E-state index < -0.39 is 0 Å². The number of fused-ring (bicyclic) bond motifs is 1. The molecule has 1 aromatic heterocycles. The van der Waals surface area contributed by atoms with Gasteiger partial charge in [-0.05, 0) is 18.2 Å². The van der Waals surface area contributed by atoms with Gasteiger partial charge in [-0.25, -0.2) is 0 Å². The van der Waals surface area contributed by atoms with Gasteiger partial charge < -0.3 is 9.94 Å². The maximum Gasteiger partial charge on any atom is 0.119 e. The number of hydrogen-bond acceptors (Lipinski definition) is 3. The third-order valence-electron chi connectivity index (χ3n) is 3.31. The Morgan fingerprint density at radius 3 is 2.55 bits per heavy atom. The van der Waals surface area contributed by atoms with Crippen molar-refractivity contribution in [3.05, 3.63) is 54.1 Å². The Kier molecular flexibility index (Phi) is 2.81. The molecule has 98 valence electrons. The first-order valence-electron chi connectivity index (χ1n) is 6.13. The second-order valence-electron chi connectivity index (χ2n) is 4.40. The largest absolute Gasteiger partial charge is 0.497 e. The minimum atomic E-state index is 0.438. The van der Waals surface area contributed by atoms with E-state index in [9.17, 15) is 10.5 Å². The number of rotatable bonds is 2.